The van der Waals surface area contributed by atoms with Crippen LogP contribution < -0.4 is 15.4 Å². The normalized spacial score (nSPS) is 15.9. The maximum Gasteiger partial charge on any atom is 0.344 e. The monoisotopic (exact) mass is 838 g/mol. The van der Waals surface area contributed by atoms with E-state index in [0.29, 0.717) is 17.8 Å². The average Bonchev–Trinajstić information content (AvgIpc) is 3.65. The lowest BCUT2D eigenvalue weighted by molar-refractivity contribution is -0.144. The van der Waals surface area contributed by atoms with E-state index in [0.717, 1.165) is 38.8 Å². The molecule has 3 atom stereocenters. The van der Waals surface area contributed by atoms with Crippen molar-refractivity contribution >= 4 is 81.5 Å². The van der Waals surface area contributed by atoms with E-state index >= 15 is 0 Å². The number of hydrogen-bond donors (Lipinski definition) is 4. The summed E-state index contributed by atoms with van der Waals surface area (Å²) in [5, 5.41) is 24.5. The van der Waals surface area contributed by atoms with Gasteiger partial charge in [0.15, 0.2) is 6.10 Å². The Morgan fingerprint density at radius 3 is 1.41 bits per heavy atom. The second kappa shape index (κ2) is 23.7. The van der Waals surface area contributed by atoms with Crippen molar-refractivity contribution in [3.63, 3.8) is 0 Å². The molecule has 2 aliphatic carbocycles. The van der Waals surface area contributed by atoms with Gasteiger partial charge in [-0.25, -0.2) is 4.79 Å². The summed E-state index contributed by atoms with van der Waals surface area (Å²) < 4.78 is 4.34. The lowest BCUT2D eigenvalue weighted by atomic mass is 10.1. The number of rotatable bonds is 13. The van der Waals surface area contributed by atoms with Crippen LogP contribution in [0.5, 0.6) is 11.5 Å². The van der Waals surface area contributed by atoms with Gasteiger partial charge in [0.2, 0.25) is 0 Å². The fraction of sp³-hybridized carbons (Fsp3) is 0.488. The zero-order valence-electron chi connectivity index (χ0n) is 33.1. The molecule has 0 amide bonds. The molecule has 4 N–H and O–H groups in total. The largest absolute Gasteiger partial charge is 0.508 e. The molecular weight excluding hydrogens is 777 g/mol. The van der Waals surface area contributed by atoms with E-state index in [4.69, 9.17) is 14.9 Å². The Balaban J connectivity index is 0.000000774. The van der Waals surface area contributed by atoms with E-state index in [2.05, 4.69) is 60.9 Å². The van der Waals surface area contributed by atoms with Crippen molar-refractivity contribution in [1.82, 2.24) is 10.6 Å². The van der Waals surface area contributed by atoms with E-state index in [1.54, 1.807) is 37.4 Å². The molecule has 13 heteroatoms. The number of ether oxygens (including phenoxy) is 1. The predicted molar refractivity (Wildman–Crippen MR) is 241 cm³/mol. The van der Waals surface area contributed by atoms with Gasteiger partial charge in [0.25, 0.3) is 0 Å². The first-order valence-electron chi connectivity index (χ1n) is 17.7. The Labute approximate surface area is 352 Å². The molecule has 0 saturated heterocycles. The molecule has 0 saturated carbocycles. The molecule has 0 aromatic heterocycles. The van der Waals surface area contributed by atoms with Crippen LogP contribution in [0.4, 0.5) is 0 Å². The number of fused-ring (bicyclic) bond motifs is 2. The van der Waals surface area contributed by atoms with Gasteiger partial charge in [-0.1, -0.05) is 26.0 Å². The number of thioether (sulfide) groups is 2. The van der Waals surface area contributed by atoms with Gasteiger partial charge in [-0.15, -0.1) is 23.5 Å². The Kier molecular flexibility index (Phi) is 22.7. The molecule has 302 valence electrons. The third-order valence-corrected chi connectivity index (χ3v) is 11.7. The van der Waals surface area contributed by atoms with Gasteiger partial charge in [0.1, 0.15) is 23.1 Å². The zero-order valence-corrected chi connectivity index (χ0v) is 37.7. The number of benzene rings is 3. The van der Waals surface area contributed by atoms with Crippen molar-refractivity contribution in [2.45, 2.75) is 125 Å². The molecule has 3 aromatic carbocycles. The average molecular weight is 839 g/mol. The SMILES string of the molecule is CCN[C@H]1Cc2ccc(SC(C)(C)C(C)=O)cc2C1.CCN[C@H]1Cc2ccc(SC(C)(C)C(C)=O)cc2C1.C[C@H](Oc1ccc(O)cc1)C(=O)O.S.S.S. The maximum absolute atomic E-state index is 11.6. The summed E-state index contributed by atoms with van der Waals surface area (Å²) in [6.07, 6.45) is 3.59. The van der Waals surface area contributed by atoms with Crippen molar-refractivity contribution in [1.29, 1.82) is 0 Å². The minimum Gasteiger partial charge on any atom is -0.508 e. The van der Waals surface area contributed by atoms with Crippen LogP contribution in [-0.4, -0.2) is 68.5 Å². The first-order chi connectivity index (χ1) is 23.9. The third kappa shape index (κ3) is 16.1. The summed E-state index contributed by atoms with van der Waals surface area (Å²) in [6.45, 7) is 19.1. The van der Waals surface area contributed by atoms with Crippen LogP contribution in [-0.2, 0) is 40.1 Å². The van der Waals surface area contributed by atoms with Crippen molar-refractivity contribution < 1.29 is 29.3 Å². The lowest BCUT2D eigenvalue weighted by Gasteiger charge is -2.20. The van der Waals surface area contributed by atoms with Gasteiger partial charge in [-0.2, -0.15) is 40.5 Å². The molecule has 0 spiro atoms. The number of aromatic hydroxyl groups is 1. The highest BCUT2D eigenvalue weighted by Crippen LogP contribution is 2.37. The molecule has 3 aromatic rings. The van der Waals surface area contributed by atoms with Crippen LogP contribution in [0.2, 0.25) is 0 Å². The van der Waals surface area contributed by atoms with Crippen LogP contribution in [0.3, 0.4) is 0 Å². The second-order valence-electron chi connectivity index (χ2n) is 14.1. The zero-order chi connectivity index (χ0) is 37.9. The molecular formula is C41H62N2O6S5. The molecule has 0 radical (unpaired) electrons. The molecule has 8 nitrogen and oxygen atoms in total. The summed E-state index contributed by atoms with van der Waals surface area (Å²) in [5.74, 6) is -0.0249. The first-order valence-corrected chi connectivity index (χ1v) is 19.4. The van der Waals surface area contributed by atoms with Crippen LogP contribution in [0.1, 0.15) is 84.6 Å². The number of carbonyl (C=O) groups excluding carboxylic acids is 2. The Morgan fingerprint density at radius 2 is 1.07 bits per heavy atom. The Bertz CT molecular complexity index is 1560. The smallest absolute Gasteiger partial charge is 0.344 e. The van der Waals surface area contributed by atoms with Crippen molar-refractivity contribution in [3.8, 4) is 11.5 Å². The maximum atomic E-state index is 11.6. The van der Waals surface area contributed by atoms with E-state index in [1.807, 2.05) is 27.7 Å². The quantitative estimate of drug-likeness (QED) is 0.126. The number of aliphatic carboxylic acids is 1. The number of nitrogens with one attached hydrogen (secondary N) is 2. The highest BCUT2D eigenvalue weighted by Gasteiger charge is 2.28. The van der Waals surface area contributed by atoms with Crippen LogP contribution in [0.15, 0.2) is 70.5 Å². The number of hydrogen-bond acceptors (Lipinski definition) is 9. The van der Waals surface area contributed by atoms with Gasteiger partial charge < -0.3 is 25.6 Å². The molecule has 0 aliphatic heterocycles. The van der Waals surface area contributed by atoms with Crippen molar-refractivity contribution in [3.05, 3.63) is 82.9 Å². The van der Waals surface area contributed by atoms with Gasteiger partial charge in [0, 0.05) is 21.9 Å². The van der Waals surface area contributed by atoms with E-state index in [1.165, 1.54) is 63.2 Å². The number of phenols is 1. The Morgan fingerprint density at radius 1 is 0.704 bits per heavy atom. The van der Waals surface area contributed by atoms with Crippen molar-refractivity contribution in [2.24, 2.45) is 0 Å². The number of carboxylic acid groups (broad SMARTS) is 1. The summed E-state index contributed by atoms with van der Waals surface area (Å²) >= 11 is 3.33. The number of ketones is 2. The number of likely N-dealkylation sites (N-methyl/N-ethyl adjacent to an activating group) is 2. The van der Waals surface area contributed by atoms with E-state index in [-0.39, 0.29) is 67.3 Å². The Hall–Kier alpha value is -2.26. The minimum absolute atomic E-state index is 0. The molecule has 0 bridgehead atoms. The van der Waals surface area contributed by atoms with Gasteiger partial charge in [-0.05, 0) is 158 Å². The third-order valence-electron chi connectivity index (χ3n) is 9.15. The second-order valence-corrected chi connectivity index (χ2v) is 17.5. The van der Waals surface area contributed by atoms with Crippen LogP contribution in [0, 0.1) is 0 Å². The molecule has 5 rings (SSSR count). The topological polar surface area (TPSA) is 125 Å². The van der Waals surface area contributed by atoms with Crippen LogP contribution in [0.25, 0.3) is 0 Å². The summed E-state index contributed by atoms with van der Waals surface area (Å²) in [6, 6.07) is 20.4. The summed E-state index contributed by atoms with van der Waals surface area (Å²) in [7, 11) is 0. The number of carboxylic acids is 1. The van der Waals surface area contributed by atoms with E-state index in [9.17, 15) is 14.4 Å². The number of phenolic OH excluding ortho intramolecular Hbond substituents is 1. The highest BCUT2D eigenvalue weighted by atomic mass is 32.2. The minimum atomic E-state index is -1.02. The summed E-state index contributed by atoms with van der Waals surface area (Å²) in [4.78, 5) is 36.0. The fourth-order valence-corrected chi connectivity index (χ4v) is 7.83. The molecule has 0 heterocycles. The standard InChI is InChI=1S/2C16H23NOS.C9H10O4.3H2S/c2*1-5-17-14-8-12-6-7-15(10-13(12)9-14)19-16(3,4)11(2)18;1-6(9(11)12)13-8-4-2-7(10)3-5-8;;;/h2*6-7,10,14,17H,5,8-9H2,1-4H3;2-6,10H,1H3,(H,11,12);3*1H2/t2*14-;6-;;;/m000.../s1. The van der Waals surface area contributed by atoms with Gasteiger partial charge in [0.05, 0.1) is 9.49 Å². The van der Waals surface area contributed by atoms with Gasteiger partial charge >= 0.3 is 5.97 Å². The van der Waals surface area contributed by atoms with E-state index < -0.39 is 12.1 Å². The fourth-order valence-electron chi connectivity index (χ4n) is 5.69. The molecule has 0 unspecified atom stereocenters. The van der Waals surface area contributed by atoms with Crippen LogP contribution >= 0.6 is 64.0 Å². The highest BCUT2D eigenvalue weighted by molar-refractivity contribution is 8.01. The lowest BCUT2D eigenvalue weighted by Crippen LogP contribution is -2.28. The molecule has 2 aliphatic rings. The van der Waals surface area contributed by atoms with Crippen molar-refractivity contribution in [2.75, 3.05) is 13.1 Å². The molecule has 0 fully saturated rings. The van der Waals surface area contributed by atoms with Gasteiger partial charge in [-0.3, -0.25) is 9.59 Å². The number of carbonyl (C=O) groups is 3. The first kappa shape index (κ1) is 51.7. The predicted octanol–water partition coefficient (Wildman–Crippen LogP) is 8.03. The molecule has 54 heavy (non-hydrogen) atoms. The number of Topliss-reactive ketones (excluding diaryl/α,β-unsaturated/α-hetero) is 2. The summed E-state index contributed by atoms with van der Waals surface area (Å²) in [5.41, 5.74) is 5.79.